The molecule has 0 spiro atoms. The number of hydrogen-bond acceptors (Lipinski definition) is 2. The third-order valence-electron chi connectivity index (χ3n) is 2.80. The minimum Gasteiger partial charge on any atom is -0.246 e. The summed E-state index contributed by atoms with van der Waals surface area (Å²) in [6.07, 6.45) is 14.2. The highest BCUT2D eigenvalue weighted by Crippen LogP contribution is 2.19. The molecule has 3 heteroatoms. The molecule has 2 nitrogen and oxygen atoms in total. The van der Waals surface area contributed by atoms with Crippen molar-refractivity contribution in [3.63, 3.8) is 0 Å². The van der Waals surface area contributed by atoms with E-state index in [-0.39, 0.29) is 0 Å². The molecule has 0 unspecified atom stereocenters. The van der Waals surface area contributed by atoms with Gasteiger partial charge in [-0.15, -0.1) is 0 Å². The van der Waals surface area contributed by atoms with Gasteiger partial charge in [0, 0.05) is 5.57 Å². The van der Waals surface area contributed by atoms with Crippen LogP contribution in [0.1, 0.15) is 5.69 Å². The molecule has 0 aliphatic heterocycles. The first-order valence-corrected chi connectivity index (χ1v) is 7.06. The van der Waals surface area contributed by atoms with Crippen LogP contribution in [0.4, 0.5) is 0 Å². The topological polar surface area (TPSA) is 25.8 Å². The SMILES string of the molecule is Ic1ccc2nc(C3=C/C=C\C=C/C=C3)ccc2n1. The van der Waals surface area contributed by atoms with Crippen LogP contribution in [0.25, 0.3) is 16.6 Å². The van der Waals surface area contributed by atoms with Crippen LogP contribution in [0.3, 0.4) is 0 Å². The van der Waals surface area contributed by atoms with E-state index in [2.05, 4.69) is 44.7 Å². The second-order valence-corrected chi connectivity index (χ2v) is 5.22. The van der Waals surface area contributed by atoms with E-state index in [1.165, 1.54) is 0 Å². The first-order chi connectivity index (χ1) is 9.33. The molecule has 1 aliphatic rings. The van der Waals surface area contributed by atoms with Crippen molar-refractivity contribution in [3.05, 3.63) is 76.2 Å². The molecule has 1 aliphatic carbocycles. The number of halogens is 1. The summed E-state index contributed by atoms with van der Waals surface area (Å²) in [5, 5.41) is 0. The molecule has 0 bridgehead atoms. The number of pyridine rings is 2. The van der Waals surface area contributed by atoms with E-state index in [9.17, 15) is 0 Å². The van der Waals surface area contributed by atoms with Crippen LogP contribution < -0.4 is 0 Å². The summed E-state index contributed by atoms with van der Waals surface area (Å²) >= 11 is 2.21. The molecular formula is C16H11IN2. The van der Waals surface area contributed by atoms with Gasteiger partial charge >= 0.3 is 0 Å². The highest BCUT2D eigenvalue weighted by molar-refractivity contribution is 14.1. The van der Waals surface area contributed by atoms with Crippen LogP contribution in [0.5, 0.6) is 0 Å². The molecule has 0 aromatic carbocycles. The molecule has 0 saturated heterocycles. The number of aromatic nitrogens is 2. The smallest absolute Gasteiger partial charge is 0.102 e. The Morgan fingerprint density at radius 2 is 1.47 bits per heavy atom. The Morgan fingerprint density at radius 1 is 0.737 bits per heavy atom. The van der Waals surface area contributed by atoms with Crippen molar-refractivity contribution >= 4 is 39.2 Å². The molecule has 2 heterocycles. The van der Waals surface area contributed by atoms with Crippen molar-refractivity contribution in [3.8, 4) is 0 Å². The van der Waals surface area contributed by atoms with Gasteiger partial charge in [-0.05, 0) is 46.9 Å². The third kappa shape index (κ3) is 2.81. The summed E-state index contributed by atoms with van der Waals surface area (Å²) in [5.41, 5.74) is 3.92. The third-order valence-corrected chi connectivity index (χ3v) is 3.40. The summed E-state index contributed by atoms with van der Waals surface area (Å²) < 4.78 is 0.984. The number of rotatable bonds is 1. The van der Waals surface area contributed by atoms with Gasteiger partial charge in [0.15, 0.2) is 0 Å². The van der Waals surface area contributed by atoms with Crippen molar-refractivity contribution in [2.24, 2.45) is 0 Å². The summed E-state index contributed by atoms with van der Waals surface area (Å²) in [5.74, 6) is 0. The number of nitrogens with zero attached hydrogens (tertiary/aromatic N) is 2. The van der Waals surface area contributed by atoms with Gasteiger partial charge in [-0.1, -0.05) is 42.5 Å². The molecule has 3 rings (SSSR count). The lowest BCUT2D eigenvalue weighted by atomic mass is 10.1. The Balaban J connectivity index is 2.08. The van der Waals surface area contributed by atoms with Gasteiger partial charge < -0.3 is 0 Å². The van der Waals surface area contributed by atoms with Gasteiger partial charge in [0.25, 0.3) is 0 Å². The van der Waals surface area contributed by atoms with E-state index in [1.807, 2.05) is 54.6 Å². The molecule has 0 fully saturated rings. The second kappa shape index (κ2) is 5.48. The maximum absolute atomic E-state index is 4.67. The molecule has 0 saturated carbocycles. The molecule has 92 valence electrons. The standard InChI is InChI=1S/C16H11IN2/c17-16-11-10-14-15(19-16)9-8-13(18-14)12-6-4-2-1-3-5-7-12/h1-11H/b2-1-,3-1?,4-2?,5-3-,6-4?,7-5?,12-6?,12-7?. The molecular weight excluding hydrogens is 347 g/mol. The lowest BCUT2D eigenvalue weighted by Crippen LogP contribution is -1.91. The van der Waals surface area contributed by atoms with E-state index < -0.39 is 0 Å². The monoisotopic (exact) mass is 358 g/mol. The van der Waals surface area contributed by atoms with Crippen LogP contribution in [0.2, 0.25) is 0 Å². The zero-order valence-corrected chi connectivity index (χ0v) is 12.3. The Labute approximate surface area is 125 Å². The van der Waals surface area contributed by atoms with Crippen molar-refractivity contribution in [1.29, 1.82) is 0 Å². The fraction of sp³-hybridized carbons (Fsp3) is 0. The summed E-state index contributed by atoms with van der Waals surface area (Å²) in [7, 11) is 0. The predicted octanol–water partition coefficient (Wildman–Crippen LogP) is 4.30. The van der Waals surface area contributed by atoms with Crippen LogP contribution in [0.15, 0.2) is 66.8 Å². The van der Waals surface area contributed by atoms with Gasteiger partial charge in [0.05, 0.1) is 16.7 Å². The van der Waals surface area contributed by atoms with Gasteiger partial charge in [-0.2, -0.15) is 0 Å². The average Bonchev–Trinajstić information content (AvgIpc) is 2.38. The maximum Gasteiger partial charge on any atom is 0.102 e. The molecule has 19 heavy (non-hydrogen) atoms. The Kier molecular flexibility index (Phi) is 3.55. The first kappa shape index (κ1) is 12.3. The van der Waals surface area contributed by atoms with Crippen LogP contribution in [-0.4, -0.2) is 9.97 Å². The Hall–Kier alpha value is -1.75. The van der Waals surface area contributed by atoms with E-state index in [1.54, 1.807) is 0 Å². The molecule has 0 radical (unpaired) electrons. The second-order valence-electron chi connectivity index (χ2n) is 4.12. The highest BCUT2D eigenvalue weighted by atomic mass is 127. The fourth-order valence-corrected chi connectivity index (χ4v) is 2.32. The Bertz CT molecular complexity index is 739. The van der Waals surface area contributed by atoms with Gasteiger partial charge in [-0.3, -0.25) is 0 Å². The summed E-state index contributed by atoms with van der Waals surface area (Å²) in [4.78, 5) is 9.13. The van der Waals surface area contributed by atoms with E-state index in [0.717, 1.165) is 26.0 Å². The molecule has 2 aromatic heterocycles. The predicted molar refractivity (Wildman–Crippen MR) is 87.7 cm³/mol. The van der Waals surface area contributed by atoms with Crippen molar-refractivity contribution in [1.82, 2.24) is 9.97 Å². The fourth-order valence-electron chi connectivity index (χ4n) is 1.88. The van der Waals surface area contributed by atoms with E-state index in [0.29, 0.717) is 0 Å². The van der Waals surface area contributed by atoms with E-state index in [4.69, 9.17) is 0 Å². The van der Waals surface area contributed by atoms with Crippen molar-refractivity contribution < 1.29 is 0 Å². The van der Waals surface area contributed by atoms with Gasteiger partial charge in [-0.25, -0.2) is 9.97 Å². The lowest BCUT2D eigenvalue weighted by Gasteiger charge is -2.04. The van der Waals surface area contributed by atoms with Crippen LogP contribution in [-0.2, 0) is 0 Å². The Morgan fingerprint density at radius 3 is 2.42 bits per heavy atom. The van der Waals surface area contributed by atoms with Gasteiger partial charge in [0.1, 0.15) is 3.70 Å². The lowest BCUT2D eigenvalue weighted by molar-refractivity contribution is 1.28. The molecule has 0 N–H and O–H groups in total. The first-order valence-electron chi connectivity index (χ1n) is 5.98. The van der Waals surface area contributed by atoms with Gasteiger partial charge in [0.2, 0.25) is 0 Å². The number of hydrogen-bond donors (Lipinski definition) is 0. The highest BCUT2D eigenvalue weighted by Gasteiger charge is 2.03. The average molecular weight is 358 g/mol. The number of allylic oxidation sites excluding steroid dienone is 8. The summed E-state index contributed by atoms with van der Waals surface area (Å²) in [6.45, 7) is 0. The summed E-state index contributed by atoms with van der Waals surface area (Å²) in [6, 6.07) is 8.02. The number of fused-ring (bicyclic) bond motifs is 1. The molecule has 2 aromatic rings. The molecule has 0 amide bonds. The minimum absolute atomic E-state index is 0.925. The zero-order chi connectivity index (χ0) is 13.1. The van der Waals surface area contributed by atoms with Crippen molar-refractivity contribution in [2.75, 3.05) is 0 Å². The maximum atomic E-state index is 4.67. The van der Waals surface area contributed by atoms with Crippen LogP contribution in [0, 0.1) is 3.70 Å². The largest absolute Gasteiger partial charge is 0.246 e. The van der Waals surface area contributed by atoms with Crippen LogP contribution >= 0.6 is 22.6 Å². The normalized spacial score (nSPS) is 17.6. The van der Waals surface area contributed by atoms with Crippen molar-refractivity contribution in [2.45, 2.75) is 0 Å². The van der Waals surface area contributed by atoms with E-state index >= 15 is 0 Å². The quantitative estimate of drug-likeness (QED) is 0.561. The minimum atomic E-state index is 0.925. The molecule has 0 atom stereocenters. The zero-order valence-electron chi connectivity index (χ0n) is 10.1.